The third-order valence-corrected chi connectivity index (χ3v) is 3.19. The molecule has 0 aromatic heterocycles. The third kappa shape index (κ3) is 3.19. The van der Waals surface area contributed by atoms with Gasteiger partial charge in [0.05, 0.1) is 5.57 Å². The van der Waals surface area contributed by atoms with Crippen molar-refractivity contribution in [2.45, 2.75) is 0 Å². The Hall–Kier alpha value is -2.27. The van der Waals surface area contributed by atoms with Crippen LogP contribution in [0.25, 0.3) is 11.6 Å². The molecular weight excluding hydrogens is 324 g/mol. The maximum atomic E-state index is 11.4. The third-order valence-electron chi connectivity index (χ3n) is 2.70. The molecule has 0 fully saturated rings. The van der Waals surface area contributed by atoms with Crippen molar-refractivity contribution in [2.75, 3.05) is 0 Å². The quantitative estimate of drug-likeness (QED) is 0.593. The number of rotatable bonds is 3. The van der Waals surface area contributed by atoms with E-state index >= 15 is 0 Å². The van der Waals surface area contributed by atoms with Gasteiger partial charge in [0.15, 0.2) is 0 Å². The van der Waals surface area contributed by atoms with Crippen LogP contribution >= 0.6 is 15.9 Å². The van der Waals surface area contributed by atoms with E-state index in [1.165, 1.54) is 36.4 Å². The van der Waals surface area contributed by atoms with E-state index in [1.54, 1.807) is 12.1 Å². The minimum atomic E-state index is -1.12. The largest absolute Gasteiger partial charge is 0.508 e. The Morgan fingerprint density at radius 3 is 2.30 bits per heavy atom. The Morgan fingerprint density at radius 1 is 1.05 bits per heavy atom. The van der Waals surface area contributed by atoms with Crippen LogP contribution in [-0.4, -0.2) is 21.3 Å². The van der Waals surface area contributed by atoms with E-state index in [1.807, 2.05) is 0 Å². The van der Waals surface area contributed by atoms with Crippen LogP contribution in [0.2, 0.25) is 0 Å². The molecule has 0 heterocycles. The molecule has 3 N–H and O–H groups in total. The van der Waals surface area contributed by atoms with Gasteiger partial charge in [0, 0.05) is 10.0 Å². The monoisotopic (exact) mass is 334 g/mol. The van der Waals surface area contributed by atoms with Crippen LogP contribution in [0.5, 0.6) is 11.5 Å². The smallest absolute Gasteiger partial charge is 0.336 e. The van der Waals surface area contributed by atoms with Crippen LogP contribution < -0.4 is 0 Å². The van der Waals surface area contributed by atoms with Gasteiger partial charge in [-0.2, -0.15) is 0 Å². The van der Waals surface area contributed by atoms with Gasteiger partial charge >= 0.3 is 5.97 Å². The zero-order valence-corrected chi connectivity index (χ0v) is 11.8. The topological polar surface area (TPSA) is 77.8 Å². The summed E-state index contributed by atoms with van der Waals surface area (Å²) in [5.74, 6) is -1.07. The van der Waals surface area contributed by atoms with E-state index in [-0.39, 0.29) is 17.1 Å². The van der Waals surface area contributed by atoms with E-state index in [0.29, 0.717) is 11.1 Å². The summed E-state index contributed by atoms with van der Waals surface area (Å²) in [5.41, 5.74) is 0.859. The van der Waals surface area contributed by atoms with Crippen molar-refractivity contribution in [3.8, 4) is 11.5 Å². The zero-order chi connectivity index (χ0) is 14.7. The number of aliphatic carboxylic acids is 1. The second-order valence-electron chi connectivity index (χ2n) is 4.11. The van der Waals surface area contributed by atoms with Gasteiger partial charge in [-0.15, -0.1) is 0 Å². The minimum Gasteiger partial charge on any atom is -0.508 e. The van der Waals surface area contributed by atoms with Gasteiger partial charge in [-0.1, -0.05) is 28.1 Å². The molecule has 2 aromatic carbocycles. The highest BCUT2D eigenvalue weighted by Gasteiger charge is 2.12. The molecule has 0 aliphatic rings. The zero-order valence-electron chi connectivity index (χ0n) is 10.2. The number of hydrogen-bond acceptors (Lipinski definition) is 3. The average molecular weight is 335 g/mol. The summed E-state index contributed by atoms with van der Waals surface area (Å²) in [5, 5.41) is 28.3. The molecule has 20 heavy (non-hydrogen) atoms. The Labute approximate surface area is 123 Å². The number of carboxylic acids is 1. The van der Waals surface area contributed by atoms with Crippen molar-refractivity contribution in [2.24, 2.45) is 0 Å². The first-order valence-corrected chi connectivity index (χ1v) is 6.49. The lowest BCUT2D eigenvalue weighted by atomic mass is 10.0. The Morgan fingerprint density at radius 2 is 1.70 bits per heavy atom. The molecule has 0 saturated carbocycles. The van der Waals surface area contributed by atoms with E-state index in [9.17, 15) is 20.1 Å². The molecule has 0 bridgehead atoms. The Kier molecular flexibility index (Phi) is 4.10. The summed E-state index contributed by atoms with van der Waals surface area (Å²) < 4.78 is 0.733. The number of hydrogen-bond donors (Lipinski definition) is 3. The summed E-state index contributed by atoms with van der Waals surface area (Å²) in [4.78, 5) is 11.4. The first-order chi connectivity index (χ1) is 9.47. The van der Waals surface area contributed by atoms with Crippen molar-refractivity contribution < 1.29 is 20.1 Å². The van der Waals surface area contributed by atoms with Gasteiger partial charge in [0.1, 0.15) is 11.5 Å². The van der Waals surface area contributed by atoms with Crippen LogP contribution in [0.3, 0.4) is 0 Å². The van der Waals surface area contributed by atoms with Crippen molar-refractivity contribution in [1.29, 1.82) is 0 Å². The number of benzene rings is 2. The fourth-order valence-corrected chi connectivity index (χ4v) is 2.08. The van der Waals surface area contributed by atoms with Gasteiger partial charge in [-0.05, 0) is 42.0 Å². The maximum Gasteiger partial charge on any atom is 0.336 e. The lowest BCUT2D eigenvalue weighted by Crippen LogP contribution is -1.99. The molecule has 0 aliphatic carbocycles. The molecule has 0 unspecified atom stereocenters. The van der Waals surface area contributed by atoms with Crippen molar-refractivity contribution in [3.05, 3.63) is 58.1 Å². The minimum absolute atomic E-state index is 0.00858. The van der Waals surface area contributed by atoms with Crippen molar-refractivity contribution >= 4 is 33.5 Å². The standard InChI is InChI=1S/C15H11BrO4/c16-11-3-6-14(18)10(7-11)8-13(15(19)20)9-1-4-12(17)5-2-9/h1-8,17-18H,(H,19,20)/b13-8-. The van der Waals surface area contributed by atoms with Crippen LogP contribution in [0.4, 0.5) is 0 Å². The molecule has 0 aliphatic heterocycles. The van der Waals surface area contributed by atoms with Crippen LogP contribution in [0.15, 0.2) is 46.9 Å². The molecule has 0 amide bonds. The molecule has 0 saturated heterocycles. The summed E-state index contributed by atoms with van der Waals surface area (Å²) in [6, 6.07) is 10.6. The molecule has 0 radical (unpaired) electrons. The lowest BCUT2D eigenvalue weighted by molar-refractivity contribution is -0.130. The Balaban J connectivity index is 2.53. The molecule has 102 valence electrons. The highest BCUT2D eigenvalue weighted by Crippen LogP contribution is 2.27. The fraction of sp³-hybridized carbons (Fsp3) is 0. The predicted molar refractivity (Wildman–Crippen MR) is 79.4 cm³/mol. The second kappa shape index (κ2) is 5.79. The SMILES string of the molecule is O=C(O)/C(=C\c1cc(Br)ccc1O)c1ccc(O)cc1. The molecule has 0 spiro atoms. The summed E-state index contributed by atoms with van der Waals surface area (Å²) in [6.45, 7) is 0. The summed E-state index contributed by atoms with van der Waals surface area (Å²) >= 11 is 3.27. The van der Waals surface area contributed by atoms with E-state index in [0.717, 1.165) is 4.47 Å². The highest BCUT2D eigenvalue weighted by atomic mass is 79.9. The van der Waals surface area contributed by atoms with Crippen molar-refractivity contribution in [3.63, 3.8) is 0 Å². The van der Waals surface area contributed by atoms with Crippen LogP contribution in [-0.2, 0) is 4.79 Å². The van der Waals surface area contributed by atoms with Gasteiger partial charge in [-0.3, -0.25) is 0 Å². The van der Waals surface area contributed by atoms with Crippen molar-refractivity contribution in [1.82, 2.24) is 0 Å². The normalized spacial score (nSPS) is 11.3. The number of carboxylic acid groups (broad SMARTS) is 1. The predicted octanol–water partition coefficient (Wildman–Crippen LogP) is 3.49. The summed E-state index contributed by atoms with van der Waals surface area (Å²) in [6.07, 6.45) is 1.38. The number of phenolic OH excluding ortho intramolecular Hbond substituents is 2. The number of aromatic hydroxyl groups is 2. The maximum absolute atomic E-state index is 11.4. The van der Waals surface area contributed by atoms with Gasteiger partial charge in [0.25, 0.3) is 0 Å². The average Bonchev–Trinajstić information content (AvgIpc) is 2.40. The van der Waals surface area contributed by atoms with Gasteiger partial charge < -0.3 is 15.3 Å². The molecular formula is C15H11BrO4. The molecule has 2 rings (SSSR count). The number of halogens is 1. The number of phenols is 2. The highest BCUT2D eigenvalue weighted by molar-refractivity contribution is 9.10. The van der Waals surface area contributed by atoms with Crippen LogP contribution in [0.1, 0.15) is 11.1 Å². The first-order valence-electron chi connectivity index (χ1n) is 5.70. The van der Waals surface area contributed by atoms with Gasteiger partial charge in [0.2, 0.25) is 0 Å². The molecule has 4 nitrogen and oxygen atoms in total. The summed E-state index contributed by atoms with van der Waals surface area (Å²) in [7, 11) is 0. The lowest BCUT2D eigenvalue weighted by Gasteiger charge is -2.05. The fourth-order valence-electron chi connectivity index (χ4n) is 1.71. The first kappa shape index (κ1) is 14.1. The van der Waals surface area contributed by atoms with Gasteiger partial charge in [-0.25, -0.2) is 4.79 Å². The molecule has 0 atom stereocenters. The number of carbonyl (C=O) groups is 1. The van der Waals surface area contributed by atoms with Crippen LogP contribution in [0, 0.1) is 0 Å². The Bertz CT molecular complexity index is 675. The van der Waals surface area contributed by atoms with E-state index in [2.05, 4.69) is 15.9 Å². The molecule has 5 heteroatoms. The molecule has 2 aromatic rings. The van der Waals surface area contributed by atoms with E-state index < -0.39 is 5.97 Å². The van der Waals surface area contributed by atoms with E-state index in [4.69, 9.17) is 0 Å². The second-order valence-corrected chi connectivity index (χ2v) is 5.03.